The third-order valence-corrected chi connectivity index (χ3v) is 1.80. The normalized spacial score (nSPS) is 10.0. The van der Waals surface area contributed by atoms with E-state index in [1.807, 2.05) is 30.3 Å². The number of hydrogen-bond acceptors (Lipinski definition) is 6. The summed E-state index contributed by atoms with van der Waals surface area (Å²) in [6.07, 6.45) is 0. The summed E-state index contributed by atoms with van der Waals surface area (Å²) in [5.74, 6) is 0. The molecule has 16 heavy (non-hydrogen) atoms. The van der Waals surface area contributed by atoms with Gasteiger partial charge in [0.15, 0.2) is 0 Å². The lowest BCUT2D eigenvalue weighted by molar-refractivity contribution is 0.263. The number of aromatic hydroxyl groups is 2. The number of ether oxygens (including phenoxy) is 1. The first-order valence-corrected chi connectivity index (χ1v) is 4.55. The first-order chi connectivity index (χ1) is 7.74. The van der Waals surface area contributed by atoms with Crippen LogP contribution in [0.15, 0.2) is 30.3 Å². The molecule has 1 aromatic carbocycles. The van der Waals surface area contributed by atoms with Crippen LogP contribution in [-0.2, 0) is 6.61 Å². The minimum atomic E-state index is -0.574. The second-order valence-corrected chi connectivity index (χ2v) is 2.99. The molecule has 0 aliphatic rings. The summed E-state index contributed by atoms with van der Waals surface area (Å²) in [4.78, 5) is 10.2. The largest absolute Gasteiger partial charge is 0.479 e. The molecular weight excluding hydrogens is 210 g/mol. The third-order valence-electron chi connectivity index (χ3n) is 1.80. The minimum Gasteiger partial charge on any atom is -0.479 e. The molecule has 0 atom stereocenters. The molecule has 0 saturated heterocycles. The summed E-state index contributed by atoms with van der Waals surface area (Å²) in [6.45, 7) is 0.254. The Morgan fingerprint density at radius 2 is 1.56 bits per heavy atom. The van der Waals surface area contributed by atoms with Gasteiger partial charge >= 0.3 is 18.0 Å². The average Bonchev–Trinajstić information content (AvgIpc) is 2.27. The highest BCUT2D eigenvalue weighted by Gasteiger charge is 2.05. The Morgan fingerprint density at radius 1 is 0.938 bits per heavy atom. The smallest absolute Gasteiger partial charge is 0.326 e. The predicted molar refractivity (Wildman–Crippen MR) is 53.9 cm³/mol. The second kappa shape index (κ2) is 4.43. The van der Waals surface area contributed by atoms with E-state index in [1.165, 1.54) is 0 Å². The highest BCUT2D eigenvalue weighted by atomic mass is 16.5. The first-order valence-electron chi connectivity index (χ1n) is 4.55. The summed E-state index contributed by atoms with van der Waals surface area (Å²) in [5.41, 5.74) is 0.932. The Hall–Kier alpha value is -2.37. The van der Waals surface area contributed by atoms with E-state index in [1.54, 1.807) is 0 Å². The van der Waals surface area contributed by atoms with Crippen molar-refractivity contribution in [3.63, 3.8) is 0 Å². The topological polar surface area (TPSA) is 88.4 Å². The summed E-state index contributed by atoms with van der Waals surface area (Å²) in [7, 11) is 0. The maximum absolute atomic E-state index is 8.99. The first kappa shape index (κ1) is 10.2. The maximum atomic E-state index is 8.99. The maximum Gasteiger partial charge on any atom is 0.326 e. The average molecular weight is 219 g/mol. The zero-order chi connectivity index (χ0) is 11.4. The number of benzene rings is 1. The highest BCUT2D eigenvalue weighted by molar-refractivity contribution is 5.14. The zero-order valence-corrected chi connectivity index (χ0v) is 8.24. The lowest BCUT2D eigenvalue weighted by atomic mass is 10.2. The second-order valence-electron chi connectivity index (χ2n) is 2.99. The van der Waals surface area contributed by atoms with Gasteiger partial charge in [-0.05, 0) is 5.56 Å². The van der Waals surface area contributed by atoms with Gasteiger partial charge in [-0.25, -0.2) is 0 Å². The van der Waals surface area contributed by atoms with E-state index in [4.69, 9.17) is 14.9 Å². The SMILES string of the molecule is Oc1nc(O)nc(OCc2ccccc2)n1. The van der Waals surface area contributed by atoms with Crippen LogP contribution in [0.5, 0.6) is 18.0 Å². The highest BCUT2D eigenvalue weighted by Crippen LogP contribution is 2.13. The molecule has 1 heterocycles. The molecule has 6 heteroatoms. The molecule has 2 aromatic rings. The Morgan fingerprint density at radius 3 is 2.19 bits per heavy atom. The molecule has 0 saturated carbocycles. The van der Waals surface area contributed by atoms with Gasteiger partial charge < -0.3 is 14.9 Å². The van der Waals surface area contributed by atoms with Gasteiger partial charge in [0, 0.05) is 0 Å². The van der Waals surface area contributed by atoms with E-state index in [0.717, 1.165) is 5.56 Å². The van der Waals surface area contributed by atoms with E-state index >= 15 is 0 Å². The number of aromatic nitrogens is 3. The van der Waals surface area contributed by atoms with Crippen LogP contribution in [-0.4, -0.2) is 25.2 Å². The van der Waals surface area contributed by atoms with Crippen molar-refractivity contribution in [1.29, 1.82) is 0 Å². The molecule has 82 valence electrons. The number of nitrogens with zero attached hydrogens (tertiary/aromatic N) is 3. The fourth-order valence-electron chi connectivity index (χ4n) is 1.12. The standard InChI is InChI=1S/C10H9N3O3/c14-8-11-9(15)13-10(12-8)16-6-7-4-2-1-3-5-7/h1-5H,6H2,(H2,11,12,13,14,15). The van der Waals surface area contributed by atoms with E-state index in [2.05, 4.69) is 15.0 Å². The van der Waals surface area contributed by atoms with Crippen LogP contribution >= 0.6 is 0 Å². The van der Waals surface area contributed by atoms with Gasteiger partial charge in [0.1, 0.15) is 6.61 Å². The summed E-state index contributed by atoms with van der Waals surface area (Å²) in [5, 5.41) is 18.0. The van der Waals surface area contributed by atoms with Crippen molar-refractivity contribution < 1.29 is 14.9 Å². The molecule has 0 aliphatic carbocycles. The number of hydrogen-bond donors (Lipinski definition) is 2. The van der Waals surface area contributed by atoms with E-state index < -0.39 is 12.0 Å². The lowest BCUT2D eigenvalue weighted by Crippen LogP contribution is -2.00. The van der Waals surface area contributed by atoms with Gasteiger partial charge in [-0.15, -0.1) is 15.0 Å². The van der Waals surface area contributed by atoms with E-state index in [9.17, 15) is 0 Å². The minimum absolute atomic E-state index is 0.117. The molecule has 2 N–H and O–H groups in total. The Balaban J connectivity index is 2.05. The Labute approximate surface area is 91.2 Å². The lowest BCUT2D eigenvalue weighted by Gasteiger charge is -2.03. The van der Waals surface area contributed by atoms with Crippen molar-refractivity contribution in [3.8, 4) is 18.0 Å². The fourth-order valence-corrected chi connectivity index (χ4v) is 1.12. The quantitative estimate of drug-likeness (QED) is 0.796. The molecule has 0 bridgehead atoms. The molecule has 1 aromatic heterocycles. The third kappa shape index (κ3) is 2.57. The van der Waals surface area contributed by atoms with Gasteiger partial charge in [-0.1, -0.05) is 30.3 Å². The van der Waals surface area contributed by atoms with E-state index in [0.29, 0.717) is 0 Å². The summed E-state index contributed by atoms with van der Waals surface area (Å²) in [6, 6.07) is 8.13. The molecule has 6 nitrogen and oxygen atoms in total. The Bertz CT molecular complexity index is 456. The molecule has 2 rings (SSSR count). The Kier molecular flexibility index (Phi) is 2.81. The van der Waals surface area contributed by atoms with Crippen LogP contribution in [0.25, 0.3) is 0 Å². The van der Waals surface area contributed by atoms with Gasteiger partial charge in [0.25, 0.3) is 0 Å². The summed E-state index contributed by atoms with van der Waals surface area (Å²) >= 11 is 0. The van der Waals surface area contributed by atoms with Crippen molar-refractivity contribution in [2.45, 2.75) is 6.61 Å². The van der Waals surface area contributed by atoms with Crippen molar-refractivity contribution >= 4 is 0 Å². The summed E-state index contributed by atoms with van der Waals surface area (Å²) < 4.78 is 5.17. The van der Waals surface area contributed by atoms with Gasteiger partial charge in [0.05, 0.1) is 0 Å². The van der Waals surface area contributed by atoms with Crippen LogP contribution in [0.4, 0.5) is 0 Å². The van der Waals surface area contributed by atoms with Crippen molar-refractivity contribution in [1.82, 2.24) is 15.0 Å². The molecule has 0 amide bonds. The van der Waals surface area contributed by atoms with Crippen LogP contribution in [0.2, 0.25) is 0 Å². The van der Waals surface area contributed by atoms with Crippen LogP contribution in [0, 0.1) is 0 Å². The van der Waals surface area contributed by atoms with Crippen LogP contribution in [0.3, 0.4) is 0 Å². The van der Waals surface area contributed by atoms with E-state index in [-0.39, 0.29) is 12.6 Å². The molecule has 0 fully saturated rings. The van der Waals surface area contributed by atoms with Gasteiger partial charge in [-0.3, -0.25) is 0 Å². The van der Waals surface area contributed by atoms with Crippen LogP contribution in [0.1, 0.15) is 5.56 Å². The zero-order valence-electron chi connectivity index (χ0n) is 8.24. The van der Waals surface area contributed by atoms with Crippen molar-refractivity contribution in [2.24, 2.45) is 0 Å². The number of rotatable bonds is 3. The van der Waals surface area contributed by atoms with Gasteiger partial charge in [0.2, 0.25) is 0 Å². The van der Waals surface area contributed by atoms with Gasteiger partial charge in [-0.2, -0.15) is 0 Å². The fraction of sp³-hybridized carbons (Fsp3) is 0.100. The molecule has 0 spiro atoms. The van der Waals surface area contributed by atoms with Crippen molar-refractivity contribution in [2.75, 3.05) is 0 Å². The molecule has 0 unspecified atom stereocenters. The molecule has 0 radical (unpaired) electrons. The molecule has 0 aliphatic heterocycles. The monoisotopic (exact) mass is 219 g/mol. The van der Waals surface area contributed by atoms with Crippen molar-refractivity contribution in [3.05, 3.63) is 35.9 Å². The van der Waals surface area contributed by atoms with Crippen LogP contribution < -0.4 is 4.74 Å². The molecular formula is C10H9N3O3. The predicted octanol–water partition coefficient (Wildman–Crippen LogP) is 0.862.